The molecule has 1 aromatic carbocycles. The van der Waals surface area contributed by atoms with Crippen LogP contribution in [0, 0.1) is 0 Å². The molecule has 0 amide bonds. The Balaban J connectivity index is 1.85. The molecule has 1 fully saturated rings. The maximum absolute atomic E-state index is 11.8. The van der Waals surface area contributed by atoms with Gasteiger partial charge in [-0.1, -0.05) is 18.2 Å². The van der Waals surface area contributed by atoms with Crippen molar-refractivity contribution in [1.82, 2.24) is 5.32 Å². The topological polar surface area (TPSA) is 64.6 Å². The van der Waals surface area contributed by atoms with Gasteiger partial charge in [-0.15, -0.1) is 0 Å². The van der Waals surface area contributed by atoms with Crippen LogP contribution in [0.15, 0.2) is 30.3 Å². The van der Waals surface area contributed by atoms with E-state index in [1.165, 1.54) is 6.92 Å². The van der Waals surface area contributed by atoms with Gasteiger partial charge in [-0.05, 0) is 25.1 Å². The quantitative estimate of drug-likeness (QED) is 0.825. The summed E-state index contributed by atoms with van der Waals surface area (Å²) < 4.78 is 10.4. The SMILES string of the molecule is CC(=O)O[C@H]1CCN[C@@H]1COC(=O)c1ccccc1. The number of ether oxygens (including phenoxy) is 2. The first-order valence-corrected chi connectivity index (χ1v) is 6.29. The highest BCUT2D eigenvalue weighted by molar-refractivity contribution is 5.89. The number of rotatable bonds is 4. The lowest BCUT2D eigenvalue weighted by Crippen LogP contribution is -2.38. The van der Waals surface area contributed by atoms with E-state index in [-0.39, 0.29) is 30.7 Å². The van der Waals surface area contributed by atoms with Gasteiger partial charge in [0.25, 0.3) is 0 Å². The molecular formula is C14H17NO4. The second kappa shape index (κ2) is 6.33. The first kappa shape index (κ1) is 13.5. The van der Waals surface area contributed by atoms with E-state index in [2.05, 4.69) is 5.32 Å². The zero-order chi connectivity index (χ0) is 13.7. The lowest BCUT2D eigenvalue weighted by Gasteiger charge is -2.19. The normalized spacial score (nSPS) is 21.9. The summed E-state index contributed by atoms with van der Waals surface area (Å²) in [4.78, 5) is 22.7. The Morgan fingerprint density at radius 2 is 2.05 bits per heavy atom. The molecule has 102 valence electrons. The van der Waals surface area contributed by atoms with Crippen LogP contribution in [0.4, 0.5) is 0 Å². The standard InChI is InChI=1S/C14H17NO4/c1-10(16)19-13-7-8-15-12(13)9-18-14(17)11-5-3-2-4-6-11/h2-6,12-13,15H,7-9H2,1H3/t12-,13+/m1/s1. The molecule has 1 saturated heterocycles. The smallest absolute Gasteiger partial charge is 0.338 e. The summed E-state index contributed by atoms with van der Waals surface area (Å²) in [5.74, 6) is -0.677. The number of nitrogens with one attached hydrogen (secondary N) is 1. The molecule has 0 radical (unpaired) electrons. The van der Waals surface area contributed by atoms with E-state index in [1.807, 2.05) is 6.07 Å². The van der Waals surface area contributed by atoms with Gasteiger partial charge < -0.3 is 14.8 Å². The zero-order valence-corrected chi connectivity index (χ0v) is 10.8. The number of benzene rings is 1. The largest absolute Gasteiger partial charge is 0.461 e. The van der Waals surface area contributed by atoms with Crippen molar-refractivity contribution in [3.8, 4) is 0 Å². The minimum Gasteiger partial charge on any atom is -0.461 e. The maximum atomic E-state index is 11.8. The second-order valence-electron chi connectivity index (χ2n) is 4.46. The van der Waals surface area contributed by atoms with Gasteiger partial charge in [0.2, 0.25) is 0 Å². The van der Waals surface area contributed by atoms with Gasteiger partial charge in [0.05, 0.1) is 11.6 Å². The number of esters is 2. The summed E-state index contributed by atoms with van der Waals surface area (Å²) in [5.41, 5.74) is 0.518. The van der Waals surface area contributed by atoms with Crippen LogP contribution in [-0.2, 0) is 14.3 Å². The summed E-state index contributed by atoms with van der Waals surface area (Å²) in [7, 11) is 0. The van der Waals surface area contributed by atoms with E-state index in [9.17, 15) is 9.59 Å². The average molecular weight is 263 g/mol. The Morgan fingerprint density at radius 3 is 2.74 bits per heavy atom. The van der Waals surface area contributed by atoms with Crippen molar-refractivity contribution < 1.29 is 19.1 Å². The molecule has 0 spiro atoms. The highest BCUT2D eigenvalue weighted by atomic mass is 16.6. The third kappa shape index (κ3) is 3.79. The van der Waals surface area contributed by atoms with Gasteiger partial charge in [-0.25, -0.2) is 4.79 Å². The summed E-state index contributed by atoms with van der Waals surface area (Å²) in [6.07, 6.45) is 0.522. The summed E-state index contributed by atoms with van der Waals surface area (Å²) in [5, 5.41) is 3.16. The molecule has 0 aromatic heterocycles. The maximum Gasteiger partial charge on any atom is 0.338 e. The average Bonchev–Trinajstić information content (AvgIpc) is 2.83. The Bertz CT molecular complexity index is 446. The van der Waals surface area contributed by atoms with Crippen molar-refractivity contribution in [3.63, 3.8) is 0 Å². The molecule has 5 heteroatoms. The zero-order valence-electron chi connectivity index (χ0n) is 10.8. The molecule has 1 aromatic rings. The molecule has 1 aliphatic rings. The highest BCUT2D eigenvalue weighted by Crippen LogP contribution is 2.13. The first-order valence-electron chi connectivity index (χ1n) is 6.29. The molecule has 1 N–H and O–H groups in total. The summed E-state index contributed by atoms with van der Waals surface area (Å²) in [6, 6.07) is 8.68. The van der Waals surface area contributed by atoms with Crippen LogP contribution in [0.5, 0.6) is 0 Å². The number of carbonyl (C=O) groups is 2. The van der Waals surface area contributed by atoms with Crippen LogP contribution in [0.1, 0.15) is 23.7 Å². The Labute approximate surface area is 111 Å². The summed E-state index contributed by atoms with van der Waals surface area (Å²) >= 11 is 0. The minimum absolute atomic E-state index is 0.128. The Hall–Kier alpha value is -1.88. The van der Waals surface area contributed by atoms with Crippen LogP contribution in [0.25, 0.3) is 0 Å². The molecule has 0 saturated carbocycles. The predicted octanol–water partition coefficient (Wildman–Crippen LogP) is 1.14. The molecular weight excluding hydrogens is 246 g/mol. The third-order valence-corrected chi connectivity index (χ3v) is 3.00. The van der Waals surface area contributed by atoms with Crippen molar-refractivity contribution in [2.24, 2.45) is 0 Å². The Morgan fingerprint density at radius 1 is 1.32 bits per heavy atom. The van der Waals surface area contributed by atoms with E-state index < -0.39 is 0 Å². The van der Waals surface area contributed by atoms with Gasteiger partial charge in [0.1, 0.15) is 12.7 Å². The summed E-state index contributed by atoms with van der Waals surface area (Å²) in [6.45, 7) is 2.34. The van der Waals surface area contributed by atoms with Gasteiger partial charge >= 0.3 is 11.9 Å². The van der Waals surface area contributed by atoms with Gasteiger partial charge in [0.15, 0.2) is 0 Å². The molecule has 1 aliphatic heterocycles. The fourth-order valence-corrected chi connectivity index (χ4v) is 2.09. The van der Waals surface area contributed by atoms with Crippen molar-refractivity contribution in [2.45, 2.75) is 25.5 Å². The fourth-order valence-electron chi connectivity index (χ4n) is 2.09. The monoisotopic (exact) mass is 263 g/mol. The van der Waals surface area contributed by atoms with Crippen LogP contribution < -0.4 is 5.32 Å². The van der Waals surface area contributed by atoms with E-state index in [0.717, 1.165) is 13.0 Å². The molecule has 0 aliphatic carbocycles. The van der Waals surface area contributed by atoms with Crippen LogP contribution in [0.2, 0.25) is 0 Å². The van der Waals surface area contributed by atoms with Crippen LogP contribution in [-0.4, -0.2) is 37.2 Å². The number of hydrogen-bond donors (Lipinski definition) is 1. The van der Waals surface area contributed by atoms with E-state index >= 15 is 0 Å². The lowest BCUT2D eigenvalue weighted by atomic mass is 10.2. The molecule has 0 unspecified atom stereocenters. The van der Waals surface area contributed by atoms with Crippen LogP contribution in [0.3, 0.4) is 0 Å². The van der Waals surface area contributed by atoms with Gasteiger partial charge in [-0.2, -0.15) is 0 Å². The molecule has 19 heavy (non-hydrogen) atoms. The van der Waals surface area contributed by atoms with Crippen molar-refractivity contribution >= 4 is 11.9 Å². The molecule has 5 nitrogen and oxygen atoms in total. The van der Waals surface area contributed by atoms with E-state index in [0.29, 0.717) is 5.56 Å². The molecule has 0 bridgehead atoms. The predicted molar refractivity (Wildman–Crippen MR) is 68.7 cm³/mol. The molecule has 2 atom stereocenters. The molecule has 2 rings (SSSR count). The number of hydrogen-bond acceptors (Lipinski definition) is 5. The number of carbonyl (C=O) groups excluding carboxylic acids is 2. The van der Waals surface area contributed by atoms with Crippen molar-refractivity contribution in [2.75, 3.05) is 13.2 Å². The second-order valence-corrected chi connectivity index (χ2v) is 4.46. The van der Waals surface area contributed by atoms with Crippen LogP contribution >= 0.6 is 0 Å². The lowest BCUT2D eigenvalue weighted by molar-refractivity contribution is -0.147. The van der Waals surface area contributed by atoms with Crippen molar-refractivity contribution in [3.05, 3.63) is 35.9 Å². The van der Waals surface area contributed by atoms with E-state index in [4.69, 9.17) is 9.47 Å². The molecule has 1 heterocycles. The van der Waals surface area contributed by atoms with Gasteiger partial charge in [-0.3, -0.25) is 4.79 Å². The fraction of sp³-hybridized carbons (Fsp3) is 0.429. The Kier molecular flexibility index (Phi) is 4.52. The third-order valence-electron chi connectivity index (χ3n) is 3.00. The minimum atomic E-state index is -0.365. The van der Waals surface area contributed by atoms with E-state index in [1.54, 1.807) is 24.3 Å². The highest BCUT2D eigenvalue weighted by Gasteiger charge is 2.30. The first-order chi connectivity index (χ1) is 9.16. The van der Waals surface area contributed by atoms with Crippen molar-refractivity contribution in [1.29, 1.82) is 0 Å². The van der Waals surface area contributed by atoms with Gasteiger partial charge in [0, 0.05) is 6.92 Å².